The van der Waals surface area contributed by atoms with E-state index in [2.05, 4.69) is 17.1 Å². The largest absolute Gasteiger partial charge is 0.368 e. The molecule has 2 aliphatic rings. The molecule has 3 rings (SSSR count). The maximum atomic E-state index is 12.5. The standard InChI is InChI=1S/C19H28N4O2/c1-13-5-6-15(12-14(13)2)21-19(25)22-10-7-16(8-11-22)23-9-3-4-17(23)18(20)24/h5-6,12,16-17H,3-4,7-11H2,1-2H3,(H2,20,24)(H,21,25). The average molecular weight is 344 g/mol. The monoisotopic (exact) mass is 344 g/mol. The molecule has 1 unspecified atom stereocenters. The molecule has 2 fully saturated rings. The SMILES string of the molecule is Cc1ccc(NC(=O)N2CCC(N3CCCC3C(N)=O)CC2)cc1C. The van der Waals surface area contributed by atoms with E-state index in [9.17, 15) is 9.59 Å². The van der Waals surface area contributed by atoms with Crippen LogP contribution in [0, 0.1) is 13.8 Å². The molecule has 0 spiro atoms. The van der Waals surface area contributed by atoms with Crippen LogP contribution in [0.25, 0.3) is 0 Å². The molecule has 25 heavy (non-hydrogen) atoms. The van der Waals surface area contributed by atoms with Gasteiger partial charge in [0.1, 0.15) is 0 Å². The third kappa shape index (κ3) is 3.95. The molecule has 0 radical (unpaired) electrons. The van der Waals surface area contributed by atoms with Gasteiger partial charge < -0.3 is 16.0 Å². The number of aryl methyl sites for hydroxylation is 2. The van der Waals surface area contributed by atoms with Crippen molar-refractivity contribution in [3.63, 3.8) is 0 Å². The summed E-state index contributed by atoms with van der Waals surface area (Å²) in [6.07, 6.45) is 3.68. The van der Waals surface area contributed by atoms with Crippen LogP contribution in [0.15, 0.2) is 18.2 Å². The second-order valence-corrected chi connectivity index (χ2v) is 7.25. The summed E-state index contributed by atoms with van der Waals surface area (Å²) in [6.45, 7) is 6.46. The topological polar surface area (TPSA) is 78.7 Å². The fraction of sp³-hybridized carbons (Fsp3) is 0.579. The highest BCUT2D eigenvalue weighted by molar-refractivity contribution is 5.89. The molecule has 2 aliphatic heterocycles. The molecule has 6 heteroatoms. The van der Waals surface area contributed by atoms with Gasteiger partial charge in [-0.15, -0.1) is 0 Å². The molecule has 0 aromatic heterocycles. The summed E-state index contributed by atoms with van der Waals surface area (Å²) < 4.78 is 0. The van der Waals surface area contributed by atoms with Gasteiger partial charge in [-0.3, -0.25) is 9.69 Å². The van der Waals surface area contributed by atoms with Gasteiger partial charge in [0.15, 0.2) is 0 Å². The predicted molar refractivity (Wildman–Crippen MR) is 98.5 cm³/mol. The molecule has 2 saturated heterocycles. The predicted octanol–water partition coefficient (Wildman–Crippen LogP) is 2.25. The highest BCUT2D eigenvalue weighted by Gasteiger charge is 2.36. The van der Waals surface area contributed by atoms with Crippen molar-refractivity contribution in [1.82, 2.24) is 9.80 Å². The molecule has 2 heterocycles. The highest BCUT2D eigenvalue weighted by Crippen LogP contribution is 2.26. The van der Waals surface area contributed by atoms with Gasteiger partial charge in [-0.2, -0.15) is 0 Å². The number of primary amides is 1. The lowest BCUT2D eigenvalue weighted by Crippen LogP contribution is -2.51. The molecule has 0 bridgehead atoms. The second-order valence-electron chi connectivity index (χ2n) is 7.25. The average Bonchev–Trinajstić information content (AvgIpc) is 3.08. The summed E-state index contributed by atoms with van der Waals surface area (Å²) >= 11 is 0. The van der Waals surface area contributed by atoms with E-state index in [0.29, 0.717) is 19.1 Å². The number of carbonyl (C=O) groups is 2. The van der Waals surface area contributed by atoms with Crippen molar-refractivity contribution < 1.29 is 9.59 Å². The number of benzene rings is 1. The minimum atomic E-state index is -0.215. The molecule has 1 aromatic carbocycles. The zero-order valence-corrected chi connectivity index (χ0v) is 15.1. The van der Waals surface area contributed by atoms with Crippen molar-refractivity contribution in [3.8, 4) is 0 Å². The lowest BCUT2D eigenvalue weighted by atomic mass is 10.0. The first-order valence-corrected chi connectivity index (χ1v) is 9.14. The highest BCUT2D eigenvalue weighted by atomic mass is 16.2. The summed E-state index contributed by atoms with van der Waals surface area (Å²) in [5.41, 5.74) is 8.75. The van der Waals surface area contributed by atoms with Crippen LogP contribution >= 0.6 is 0 Å². The van der Waals surface area contributed by atoms with Crippen molar-refractivity contribution in [2.24, 2.45) is 5.73 Å². The number of piperidine rings is 1. The Morgan fingerprint density at radius 2 is 1.80 bits per heavy atom. The Morgan fingerprint density at radius 1 is 1.08 bits per heavy atom. The lowest BCUT2D eigenvalue weighted by molar-refractivity contribution is -0.123. The summed E-state index contributed by atoms with van der Waals surface area (Å²) in [6, 6.07) is 6.14. The first kappa shape index (κ1) is 17.7. The van der Waals surface area contributed by atoms with Crippen LogP contribution in [0.3, 0.4) is 0 Å². The van der Waals surface area contributed by atoms with Crippen LogP contribution in [0.4, 0.5) is 10.5 Å². The number of urea groups is 1. The smallest absolute Gasteiger partial charge is 0.321 e. The van der Waals surface area contributed by atoms with Crippen molar-refractivity contribution >= 4 is 17.6 Å². The van der Waals surface area contributed by atoms with E-state index in [4.69, 9.17) is 5.73 Å². The summed E-state index contributed by atoms with van der Waals surface area (Å²) in [5, 5.41) is 2.99. The summed E-state index contributed by atoms with van der Waals surface area (Å²) in [5.74, 6) is -0.215. The number of likely N-dealkylation sites (tertiary alicyclic amines) is 2. The van der Waals surface area contributed by atoms with Crippen LogP contribution < -0.4 is 11.1 Å². The van der Waals surface area contributed by atoms with Crippen LogP contribution in [-0.4, -0.2) is 53.5 Å². The Morgan fingerprint density at radius 3 is 2.44 bits per heavy atom. The first-order chi connectivity index (χ1) is 12.0. The van der Waals surface area contributed by atoms with Crippen LogP contribution in [0.2, 0.25) is 0 Å². The molecule has 3 N–H and O–H groups in total. The number of nitrogens with one attached hydrogen (secondary N) is 1. The van der Waals surface area contributed by atoms with Crippen molar-refractivity contribution in [1.29, 1.82) is 0 Å². The lowest BCUT2D eigenvalue weighted by Gasteiger charge is -2.38. The molecule has 1 aromatic rings. The summed E-state index contributed by atoms with van der Waals surface area (Å²) in [4.78, 5) is 28.2. The minimum Gasteiger partial charge on any atom is -0.368 e. The van der Waals surface area contributed by atoms with Gasteiger partial charge in [0.05, 0.1) is 6.04 Å². The van der Waals surface area contributed by atoms with Gasteiger partial charge in [0.2, 0.25) is 5.91 Å². The van der Waals surface area contributed by atoms with Crippen LogP contribution in [0.5, 0.6) is 0 Å². The van der Waals surface area contributed by atoms with Gasteiger partial charge in [-0.25, -0.2) is 4.79 Å². The van der Waals surface area contributed by atoms with Gasteiger partial charge >= 0.3 is 6.03 Å². The molecular weight excluding hydrogens is 316 g/mol. The number of amides is 3. The molecule has 1 atom stereocenters. The Hall–Kier alpha value is -2.08. The minimum absolute atomic E-state index is 0.0467. The molecule has 136 valence electrons. The number of nitrogens with two attached hydrogens (primary N) is 1. The third-order valence-electron chi connectivity index (χ3n) is 5.60. The van der Waals surface area contributed by atoms with E-state index in [1.165, 1.54) is 11.1 Å². The van der Waals surface area contributed by atoms with E-state index in [0.717, 1.165) is 37.9 Å². The van der Waals surface area contributed by atoms with Crippen LogP contribution in [0.1, 0.15) is 36.8 Å². The quantitative estimate of drug-likeness (QED) is 0.883. The molecule has 6 nitrogen and oxygen atoms in total. The van der Waals surface area contributed by atoms with Gasteiger partial charge in [-0.1, -0.05) is 6.07 Å². The number of nitrogens with zero attached hydrogens (tertiary/aromatic N) is 2. The summed E-state index contributed by atoms with van der Waals surface area (Å²) in [7, 11) is 0. The number of hydrogen-bond acceptors (Lipinski definition) is 3. The zero-order chi connectivity index (χ0) is 18.0. The third-order valence-corrected chi connectivity index (χ3v) is 5.60. The second kappa shape index (κ2) is 7.44. The van der Waals surface area contributed by atoms with Crippen molar-refractivity contribution in [2.75, 3.05) is 25.0 Å². The van der Waals surface area contributed by atoms with Crippen LogP contribution in [-0.2, 0) is 4.79 Å². The Kier molecular flexibility index (Phi) is 5.27. The zero-order valence-electron chi connectivity index (χ0n) is 15.1. The number of carbonyl (C=O) groups excluding carboxylic acids is 2. The number of hydrogen-bond donors (Lipinski definition) is 2. The van der Waals surface area contributed by atoms with E-state index >= 15 is 0 Å². The van der Waals surface area contributed by atoms with Gasteiger partial charge in [0, 0.05) is 24.8 Å². The molecule has 0 aliphatic carbocycles. The van der Waals surface area contributed by atoms with Gasteiger partial charge in [-0.05, 0) is 69.3 Å². The number of anilines is 1. The van der Waals surface area contributed by atoms with Gasteiger partial charge in [0.25, 0.3) is 0 Å². The normalized spacial score (nSPS) is 22.2. The number of rotatable bonds is 3. The van der Waals surface area contributed by atoms with E-state index < -0.39 is 0 Å². The first-order valence-electron chi connectivity index (χ1n) is 9.14. The van der Waals surface area contributed by atoms with Crippen molar-refractivity contribution in [3.05, 3.63) is 29.3 Å². The maximum Gasteiger partial charge on any atom is 0.321 e. The van der Waals surface area contributed by atoms with E-state index in [1.807, 2.05) is 30.0 Å². The van der Waals surface area contributed by atoms with E-state index in [-0.39, 0.29) is 18.0 Å². The van der Waals surface area contributed by atoms with E-state index in [1.54, 1.807) is 0 Å². The fourth-order valence-corrected chi connectivity index (χ4v) is 3.95. The fourth-order valence-electron chi connectivity index (χ4n) is 3.95. The molecule has 3 amide bonds. The molecular formula is C19H28N4O2. The Balaban J connectivity index is 1.54. The Labute approximate surface area is 149 Å². The Bertz CT molecular complexity index is 653. The maximum absolute atomic E-state index is 12.5. The molecule has 0 saturated carbocycles. The van der Waals surface area contributed by atoms with Crippen molar-refractivity contribution in [2.45, 2.75) is 51.6 Å².